The molecule has 1 aliphatic heterocycles. The first-order valence-corrected chi connectivity index (χ1v) is 8.59. The lowest BCUT2D eigenvalue weighted by Crippen LogP contribution is -3.18. The van der Waals surface area contributed by atoms with Crippen molar-refractivity contribution in [3.05, 3.63) is 23.8 Å². The Hall–Kier alpha value is -1.75. The molecule has 3 rings (SSSR count). The Morgan fingerprint density at radius 3 is 2.35 bits per heavy atom. The zero-order valence-corrected chi connectivity index (χ0v) is 14.1. The number of carbonyl (C=O) groups excluding carboxylic acids is 1. The van der Waals surface area contributed by atoms with E-state index >= 15 is 0 Å². The Labute approximate surface area is 138 Å². The number of methoxy groups -OCH3 is 2. The quantitative estimate of drug-likeness (QED) is 0.900. The van der Waals surface area contributed by atoms with Crippen molar-refractivity contribution in [3.8, 4) is 11.5 Å². The maximum atomic E-state index is 12.7. The zero-order chi connectivity index (χ0) is 16.2. The molecular formula is C18H27N2O3+. The first-order chi connectivity index (χ1) is 11.2. The molecule has 126 valence electrons. The van der Waals surface area contributed by atoms with Crippen molar-refractivity contribution in [2.24, 2.45) is 0 Å². The molecule has 23 heavy (non-hydrogen) atoms. The number of nitrogens with zero attached hydrogens (tertiary/aromatic N) is 1. The largest absolute Gasteiger partial charge is 0.493 e. The highest BCUT2D eigenvalue weighted by molar-refractivity contribution is 5.95. The maximum Gasteiger partial charge on any atom is 0.254 e. The van der Waals surface area contributed by atoms with Gasteiger partial charge < -0.3 is 19.3 Å². The summed E-state index contributed by atoms with van der Waals surface area (Å²) in [5.74, 6) is 1.35. The van der Waals surface area contributed by atoms with E-state index in [1.807, 2.05) is 11.0 Å². The van der Waals surface area contributed by atoms with Gasteiger partial charge in [0.15, 0.2) is 11.5 Å². The third-order valence-corrected chi connectivity index (χ3v) is 5.26. The van der Waals surface area contributed by atoms with E-state index in [-0.39, 0.29) is 5.91 Å². The molecule has 0 spiro atoms. The van der Waals surface area contributed by atoms with Gasteiger partial charge in [0.05, 0.1) is 46.4 Å². The molecule has 0 unspecified atom stereocenters. The second kappa shape index (κ2) is 7.21. The fourth-order valence-electron chi connectivity index (χ4n) is 3.89. The smallest absolute Gasteiger partial charge is 0.254 e. The number of quaternary nitrogens is 1. The third-order valence-electron chi connectivity index (χ3n) is 5.26. The molecule has 0 radical (unpaired) electrons. The Kier molecular flexibility index (Phi) is 5.06. The summed E-state index contributed by atoms with van der Waals surface area (Å²) < 4.78 is 10.5. The molecule has 0 atom stereocenters. The number of ether oxygens (including phenoxy) is 2. The van der Waals surface area contributed by atoms with Gasteiger partial charge in [0.1, 0.15) is 0 Å². The van der Waals surface area contributed by atoms with Gasteiger partial charge in [0.2, 0.25) is 0 Å². The summed E-state index contributed by atoms with van der Waals surface area (Å²) in [6.07, 6.45) is 5.48. The van der Waals surface area contributed by atoms with Crippen LogP contribution < -0.4 is 14.4 Å². The third kappa shape index (κ3) is 3.44. The molecule has 1 saturated heterocycles. The Morgan fingerprint density at radius 1 is 1.09 bits per heavy atom. The van der Waals surface area contributed by atoms with Crippen LogP contribution in [0.1, 0.15) is 36.0 Å². The SMILES string of the molecule is COc1ccc(C(=O)N2CC[NH+](C3CCCC3)CC2)cc1OC. The van der Waals surface area contributed by atoms with E-state index in [0.29, 0.717) is 17.1 Å². The molecule has 1 aromatic carbocycles. The number of hydrogen-bond donors (Lipinski definition) is 1. The summed E-state index contributed by atoms with van der Waals surface area (Å²) in [4.78, 5) is 16.4. The van der Waals surface area contributed by atoms with Crippen LogP contribution in [0.3, 0.4) is 0 Å². The monoisotopic (exact) mass is 319 g/mol. The average molecular weight is 319 g/mol. The Morgan fingerprint density at radius 2 is 1.74 bits per heavy atom. The first-order valence-electron chi connectivity index (χ1n) is 8.59. The lowest BCUT2D eigenvalue weighted by molar-refractivity contribution is -0.928. The van der Waals surface area contributed by atoms with Gasteiger partial charge in [-0.05, 0) is 43.9 Å². The molecule has 1 amide bonds. The zero-order valence-electron chi connectivity index (χ0n) is 14.1. The molecule has 5 nitrogen and oxygen atoms in total. The fraction of sp³-hybridized carbons (Fsp3) is 0.611. The van der Waals surface area contributed by atoms with Crippen molar-refractivity contribution in [1.29, 1.82) is 0 Å². The van der Waals surface area contributed by atoms with Gasteiger partial charge in [-0.3, -0.25) is 4.79 Å². The molecule has 2 aliphatic rings. The van der Waals surface area contributed by atoms with Crippen LogP contribution in [0.2, 0.25) is 0 Å². The minimum absolute atomic E-state index is 0.0939. The first kappa shape index (κ1) is 16.1. The summed E-state index contributed by atoms with van der Waals surface area (Å²) in [5, 5.41) is 0. The fourth-order valence-corrected chi connectivity index (χ4v) is 3.89. The van der Waals surface area contributed by atoms with Gasteiger partial charge in [-0.15, -0.1) is 0 Å². The summed E-state index contributed by atoms with van der Waals surface area (Å²) in [6, 6.07) is 6.22. The highest BCUT2D eigenvalue weighted by Crippen LogP contribution is 2.28. The normalized spacial score (nSPS) is 19.8. The van der Waals surface area contributed by atoms with Crippen molar-refractivity contribution in [3.63, 3.8) is 0 Å². The average Bonchev–Trinajstić information content (AvgIpc) is 3.15. The van der Waals surface area contributed by atoms with Gasteiger partial charge in [-0.25, -0.2) is 0 Å². The highest BCUT2D eigenvalue weighted by Gasteiger charge is 2.31. The molecule has 1 aromatic rings. The van der Waals surface area contributed by atoms with Crippen molar-refractivity contribution >= 4 is 5.91 Å². The number of nitrogens with one attached hydrogen (secondary N) is 1. The minimum Gasteiger partial charge on any atom is -0.493 e. The van der Waals surface area contributed by atoms with Gasteiger partial charge in [-0.1, -0.05) is 0 Å². The van der Waals surface area contributed by atoms with E-state index in [9.17, 15) is 4.79 Å². The van der Waals surface area contributed by atoms with Crippen LogP contribution >= 0.6 is 0 Å². The topological polar surface area (TPSA) is 43.2 Å². The standard InChI is InChI=1S/C18H26N2O3/c1-22-16-8-7-14(13-17(16)23-2)18(21)20-11-9-19(10-12-20)15-5-3-4-6-15/h7-8,13,15H,3-6,9-12H2,1-2H3/p+1. The number of carbonyl (C=O) groups is 1. The lowest BCUT2D eigenvalue weighted by Gasteiger charge is -2.35. The number of hydrogen-bond acceptors (Lipinski definition) is 3. The van der Waals surface area contributed by atoms with Crippen molar-refractivity contribution < 1.29 is 19.2 Å². The Bertz CT molecular complexity index is 547. The van der Waals surface area contributed by atoms with Gasteiger partial charge >= 0.3 is 0 Å². The molecule has 1 heterocycles. The van der Waals surface area contributed by atoms with Crippen LogP contribution in [0.15, 0.2) is 18.2 Å². The molecule has 0 bridgehead atoms. The second-order valence-corrected chi connectivity index (χ2v) is 6.50. The predicted octanol–water partition coefficient (Wildman–Crippen LogP) is 0.987. The molecular weight excluding hydrogens is 292 g/mol. The van der Waals surface area contributed by atoms with Crippen molar-refractivity contribution in [2.75, 3.05) is 40.4 Å². The van der Waals surface area contributed by atoms with Crippen LogP contribution in [0.25, 0.3) is 0 Å². The van der Waals surface area contributed by atoms with Gasteiger partial charge in [0.25, 0.3) is 5.91 Å². The molecule has 2 fully saturated rings. The second-order valence-electron chi connectivity index (χ2n) is 6.50. The number of rotatable bonds is 4. The van der Waals surface area contributed by atoms with E-state index in [4.69, 9.17) is 9.47 Å². The maximum absolute atomic E-state index is 12.7. The molecule has 1 saturated carbocycles. The lowest BCUT2D eigenvalue weighted by atomic mass is 10.1. The van der Waals surface area contributed by atoms with Gasteiger partial charge in [-0.2, -0.15) is 0 Å². The van der Waals surface area contributed by atoms with E-state index in [2.05, 4.69) is 0 Å². The molecule has 0 aromatic heterocycles. The number of piperazine rings is 1. The van der Waals surface area contributed by atoms with Crippen LogP contribution in [0.5, 0.6) is 11.5 Å². The van der Waals surface area contributed by atoms with Crippen molar-refractivity contribution in [1.82, 2.24) is 4.90 Å². The Balaban J connectivity index is 1.62. The summed E-state index contributed by atoms with van der Waals surface area (Å²) in [6.45, 7) is 3.84. The van der Waals surface area contributed by atoms with Crippen LogP contribution in [0.4, 0.5) is 0 Å². The predicted molar refractivity (Wildman–Crippen MR) is 88.4 cm³/mol. The van der Waals surface area contributed by atoms with Crippen LogP contribution in [-0.4, -0.2) is 57.2 Å². The van der Waals surface area contributed by atoms with E-state index < -0.39 is 0 Å². The van der Waals surface area contributed by atoms with Crippen LogP contribution in [-0.2, 0) is 0 Å². The summed E-state index contributed by atoms with van der Waals surface area (Å²) in [7, 11) is 3.19. The highest BCUT2D eigenvalue weighted by atomic mass is 16.5. The minimum atomic E-state index is 0.0939. The van der Waals surface area contributed by atoms with Gasteiger partial charge in [0, 0.05) is 5.56 Å². The summed E-state index contributed by atoms with van der Waals surface area (Å²) >= 11 is 0. The van der Waals surface area contributed by atoms with E-state index in [0.717, 1.165) is 32.2 Å². The number of amides is 1. The van der Waals surface area contributed by atoms with E-state index in [1.165, 1.54) is 25.7 Å². The van der Waals surface area contributed by atoms with Crippen LogP contribution in [0, 0.1) is 0 Å². The molecule has 1 aliphatic carbocycles. The van der Waals surface area contributed by atoms with E-state index in [1.54, 1.807) is 31.3 Å². The molecule has 1 N–H and O–H groups in total. The van der Waals surface area contributed by atoms with Crippen molar-refractivity contribution in [2.45, 2.75) is 31.7 Å². The molecule has 5 heteroatoms. The number of benzene rings is 1. The summed E-state index contributed by atoms with van der Waals surface area (Å²) in [5.41, 5.74) is 0.673.